The zero-order valence-corrected chi connectivity index (χ0v) is 9.45. The molecule has 2 rings (SSSR count). The number of hydrogen-bond acceptors (Lipinski definition) is 3. The summed E-state index contributed by atoms with van der Waals surface area (Å²) in [5.41, 5.74) is 5.41. The van der Waals surface area contributed by atoms with Crippen LogP contribution in [0.3, 0.4) is 0 Å². The van der Waals surface area contributed by atoms with Crippen molar-refractivity contribution in [1.29, 1.82) is 0 Å². The average molecular weight is 213 g/mol. The second-order valence-electron chi connectivity index (χ2n) is 5.25. The molecule has 3 unspecified atom stereocenters. The summed E-state index contributed by atoms with van der Waals surface area (Å²) in [6, 6.07) is 0.202. The average Bonchev–Trinajstić information content (AvgIpc) is 2.67. The first-order valence-electron chi connectivity index (χ1n) is 6.27. The number of aliphatic hydroxyl groups is 1. The Kier molecular flexibility index (Phi) is 3.65. The van der Waals surface area contributed by atoms with E-state index in [9.17, 15) is 5.11 Å². The highest BCUT2D eigenvalue weighted by Crippen LogP contribution is 2.33. The SMILES string of the molecule is NC1CCCC(O)(CCC2CCCO2)C1. The lowest BCUT2D eigenvalue weighted by Gasteiger charge is -2.36. The van der Waals surface area contributed by atoms with E-state index >= 15 is 0 Å². The van der Waals surface area contributed by atoms with Gasteiger partial charge in [0.1, 0.15) is 0 Å². The molecule has 3 heteroatoms. The molecule has 0 spiro atoms. The Balaban J connectivity index is 1.76. The lowest BCUT2D eigenvalue weighted by Crippen LogP contribution is -2.41. The van der Waals surface area contributed by atoms with Crippen molar-refractivity contribution in [1.82, 2.24) is 0 Å². The Morgan fingerprint density at radius 1 is 1.33 bits per heavy atom. The van der Waals surface area contributed by atoms with E-state index in [1.165, 1.54) is 12.8 Å². The van der Waals surface area contributed by atoms with Crippen molar-refractivity contribution in [3.8, 4) is 0 Å². The molecular formula is C12H23NO2. The van der Waals surface area contributed by atoms with Gasteiger partial charge in [0.25, 0.3) is 0 Å². The van der Waals surface area contributed by atoms with Gasteiger partial charge in [-0.3, -0.25) is 0 Å². The number of rotatable bonds is 3. The topological polar surface area (TPSA) is 55.5 Å². The minimum atomic E-state index is -0.496. The van der Waals surface area contributed by atoms with Crippen molar-refractivity contribution < 1.29 is 9.84 Å². The maximum atomic E-state index is 10.4. The Hall–Kier alpha value is -0.120. The molecule has 3 nitrogen and oxygen atoms in total. The molecule has 1 saturated heterocycles. The van der Waals surface area contributed by atoms with Crippen LogP contribution in [-0.2, 0) is 4.74 Å². The molecule has 2 aliphatic rings. The molecule has 1 aliphatic heterocycles. The lowest BCUT2D eigenvalue weighted by atomic mass is 9.79. The highest BCUT2D eigenvalue weighted by atomic mass is 16.5. The van der Waals surface area contributed by atoms with Gasteiger partial charge in [-0.15, -0.1) is 0 Å². The number of nitrogens with two attached hydrogens (primary N) is 1. The fourth-order valence-corrected chi connectivity index (χ4v) is 2.91. The van der Waals surface area contributed by atoms with Gasteiger partial charge in [0, 0.05) is 12.6 Å². The largest absolute Gasteiger partial charge is 0.390 e. The zero-order chi connectivity index (χ0) is 10.7. The summed E-state index contributed by atoms with van der Waals surface area (Å²) in [6.45, 7) is 0.905. The van der Waals surface area contributed by atoms with Crippen LogP contribution in [0.1, 0.15) is 51.4 Å². The fourth-order valence-electron chi connectivity index (χ4n) is 2.91. The summed E-state index contributed by atoms with van der Waals surface area (Å²) in [7, 11) is 0. The third kappa shape index (κ3) is 3.16. The summed E-state index contributed by atoms with van der Waals surface area (Å²) in [5.74, 6) is 0. The van der Waals surface area contributed by atoms with E-state index in [1.54, 1.807) is 0 Å². The quantitative estimate of drug-likeness (QED) is 0.748. The minimum Gasteiger partial charge on any atom is -0.390 e. The lowest BCUT2D eigenvalue weighted by molar-refractivity contribution is -0.0234. The molecule has 3 N–H and O–H groups in total. The molecule has 1 heterocycles. The van der Waals surface area contributed by atoms with Crippen LogP contribution in [0.15, 0.2) is 0 Å². The molecule has 0 amide bonds. The van der Waals surface area contributed by atoms with Crippen molar-refractivity contribution in [3.05, 3.63) is 0 Å². The van der Waals surface area contributed by atoms with E-state index in [0.29, 0.717) is 6.10 Å². The summed E-state index contributed by atoms with van der Waals surface area (Å²) >= 11 is 0. The van der Waals surface area contributed by atoms with Gasteiger partial charge < -0.3 is 15.6 Å². The van der Waals surface area contributed by atoms with Crippen LogP contribution in [0.5, 0.6) is 0 Å². The van der Waals surface area contributed by atoms with Gasteiger partial charge >= 0.3 is 0 Å². The van der Waals surface area contributed by atoms with Gasteiger partial charge in [0.2, 0.25) is 0 Å². The van der Waals surface area contributed by atoms with Gasteiger partial charge in [0.05, 0.1) is 11.7 Å². The van der Waals surface area contributed by atoms with E-state index in [1.807, 2.05) is 0 Å². The van der Waals surface area contributed by atoms with E-state index < -0.39 is 5.60 Å². The Labute approximate surface area is 92.0 Å². The van der Waals surface area contributed by atoms with Gasteiger partial charge in [-0.25, -0.2) is 0 Å². The normalized spacial score (nSPS) is 42.0. The highest BCUT2D eigenvalue weighted by molar-refractivity contribution is 4.88. The van der Waals surface area contributed by atoms with E-state index in [4.69, 9.17) is 10.5 Å². The van der Waals surface area contributed by atoms with Gasteiger partial charge in [0.15, 0.2) is 0 Å². The van der Waals surface area contributed by atoms with E-state index in [2.05, 4.69) is 0 Å². The van der Waals surface area contributed by atoms with Gasteiger partial charge in [-0.1, -0.05) is 0 Å². The summed E-state index contributed by atoms with van der Waals surface area (Å²) in [4.78, 5) is 0. The highest BCUT2D eigenvalue weighted by Gasteiger charge is 2.33. The molecule has 3 atom stereocenters. The Morgan fingerprint density at radius 2 is 2.20 bits per heavy atom. The minimum absolute atomic E-state index is 0.202. The van der Waals surface area contributed by atoms with Crippen LogP contribution in [0.2, 0.25) is 0 Å². The first-order valence-corrected chi connectivity index (χ1v) is 6.27. The Morgan fingerprint density at radius 3 is 2.87 bits per heavy atom. The van der Waals surface area contributed by atoms with Crippen LogP contribution < -0.4 is 5.73 Å². The standard InChI is InChI=1S/C12H23NO2/c13-10-3-1-6-12(14,9-10)7-5-11-4-2-8-15-11/h10-11,14H,1-9,13H2. The molecule has 1 saturated carbocycles. The summed E-state index contributed by atoms with van der Waals surface area (Å²) in [6.07, 6.45) is 8.46. The predicted octanol–water partition coefficient (Wildman–Crippen LogP) is 1.58. The van der Waals surface area contributed by atoms with Gasteiger partial charge in [-0.2, -0.15) is 0 Å². The summed E-state index contributed by atoms with van der Waals surface area (Å²) in [5, 5.41) is 10.4. The van der Waals surface area contributed by atoms with E-state index in [-0.39, 0.29) is 6.04 Å². The Bertz CT molecular complexity index is 204. The zero-order valence-electron chi connectivity index (χ0n) is 9.45. The van der Waals surface area contributed by atoms with Crippen LogP contribution in [0, 0.1) is 0 Å². The van der Waals surface area contributed by atoms with Crippen molar-refractivity contribution in [2.45, 2.75) is 69.1 Å². The molecule has 2 fully saturated rings. The molecule has 0 aromatic rings. The van der Waals surface area contributed by atoms with Crippen molar-refractivity contribution in [3.63, 3.8) is 0 Å². The third-order valence-electron chi connectivity index (χ3n) is 3.81. The first-order chi connectivity index (χ1) is 7.18. The first kappa shape index (κ1) is 11.4. The molecular weight excluding hydrogens is 190 g/mol. The smallest absolute Gasteiger partial charge is 0.0663 e. The van der Waals surface area contributed by atoms with Crippen LogP contribution >= 0.6 is 0 Å². The number of ether oxygens (including phenoxy) is 1. The van der Waals surface area contributed by atoms with Crippen molar-refractivity contribution >= 4 is 0 Å². The fraction of sp³-hybridized carbons (Fsp3) is 1.00. The van der Waals surface area contributed by atoms with Crippen LogP contribution in [0.4, 0.5) is 0 Å². The predicted molar refractivity (Wildman–Crippen MR) is 59.6 cm³/mol. The van der Waals surface area contributed by atoms with E-state index in [0.717, 1.165) is 45.1 Å². The molecule has 15 heavy (non-hydrogen) atoms. The van der Waals surface area contributed by atoms with Crippen molar-refractivity contribution in [2.24, 2.45) is 5.73 Å². The number of hydrogen-bond donors (Lipinski definition) is 2. The maximum Gasteiger partial charge on any atom is 0.0663 e. The maximum absolute atomic E-state index is 10.4. The molecule has 1 aliphatic carbocycles. The summed E-state index contributed by atoms with van der Waals surface area (Å²) < 4.78 is 5.57. The molecule has 0 aromatic carbocycles. The van der Waals surface area contributed by atoms with Crippen LogP contribution in [0.25, 0.3) is 0 Å². The van der Waals surface area contributed by atoms with Gasteiger partial charge in [-0.05, 0) is 51.4 Å². The monoisotopic (exact) mass is 213 g/mol. The van der Waals surface area contributed by atoms with Crippen molar-refractivity contribution in [2.75, 3.05) is 6.61 Å². The molecule has 88 valence electrons. The molecule has 0 bridgehead atoms. The third-order valence-corrected chi connectivity index (χ3v) is 3.81. The second-order valence-corrected chi connectivity index (χ2v) is 5.25. The van der Waals surface area contributed by atoms with Crippen LogP contribution in [-0.4, -0.2) is 29.5 Å². The second kappa shape index (κ2) is 4.81. The molecule has 0 radical (unpaired) electrons. The molecule has 0 aromatic heterocycles.